The fourth-order valence-corrected chi connectivity index (χ4v) is 2.45. The van der Waals surface area contributed by atoms with E-state index in [0.29, 0.717) is 0 Å². The highest BCUT2D eigenvalue weighted by Crippen LogP contribution is 2.12. The largest absolute Gasteiger partial charge is 0.395 e. The van der Waals surface area contributed by atoms with Crippen molar-refractivity contribution < 1.29 is 13.5 Å². The van der Waals surface area contributed by atoms with Crippen LogP contribution in [0.2, 0.25) is 0 Å². The molecule has 0 radical (unpaired) electrons. The molecule has 0 aliphatic heterocycles. The average molecular weight is 208 g/mol. The van der Waals surface area contributed by atoms with Gasteiger partial charge in [0.1, 0.15) is 0 Å². The summed E-state index contributed by atoms with van der Waals surface area (Å²) in [7, 11) is -3.43. The van der Waals surface area contributed by atoms with Gasteiger partial charge in [-0.05, 0) is 0 Å². The van der Waals surface area contributed by atoms with E-state index in [1.54, 1.807) is 0 Å². The van der Waals surface area contributed by atoms with Gasteiger partial charge in [-0.15, -0.1) is 11.3 Å². The number of hydrogen-bond acceptors (Lipinski definition) is 5. The molecule has 7 heteroatoms. The highest BCUT2D eigenvalue weighted by Gasteiger charge is 2.13. The molecule has 0 aliphatic rings. The molecule has 5 nitrogen and oxygen atoms in total. The van der Waals surface area contributed by atoms with Gasteiger partial charge in [-0.2, -0.15) is 0 Å². The molecular formula is C5H8N2O3S2. The number of nitrogens with one attached hydrogen (secondary N) is 1. The van der Waals surface area contributed by atoms with E-state index in [1.807, 2.05) is 0 Å². The Hall–Kier alpha value is -0.500. The lowest BCUT2D eigenvalue weighted by molar-refractivity contribution is 0.301. The third-order valence-electron chi connectivity index (χ3n) is 1.08. The van der Waals surface area contributed by atoms with E-state index in [9.17, 15) is 8.42 Å². The smallest absolute Gasteiger partial charge is 0.251 e. The molecule has 0 aromatic carbocycles. The summed E-state index contributed by atoms with van der Waals surface area (Å²) in [5.41, 5.74) is 1.44. The van der Waals surface area contributed by atoms with Crippen molar-refractivity contribution in [1.82, 2.24) is 9.71 Å². The van der Waals surface area contributed by atoms with Gasteiger partial charge in [0.05, 0.1) is 18.3 Å². The Balaban J connectivity index is 2.74. The fraction of sp³-hybridized carbons (Fsp3) is 0.400. The molecule has 0 bridgehead atoms. The molecule has 1 aromatic heterocycles. The lowest BCUT2D eigenvalue weighted by Crippen LogP contribution is -2.25. The quantitative estimate of drug-likeness (QED) is 0.693. The molecule has 0 fully saturated rings. The highest BCUT2D eigenvalue weighted by atomic mass is 32.2. The van der Waals surface area contributed by atoms with Gasteiger partial charge in [0.2, 0.25) is 0 Å². The van der Waals surface area contributed by atoms with Gasteiger partial charge >= 0.3 is 0 Å². The average Bonchev–Trinajstić information content (AvgIpc) is 2.53. The molecule has 12 heavy (non-hydrogen) atoms. The van der Waals surface area contributed by atoms with Crippen LogP contribution in [0.15, 0.2) is 15.9 Å². The summed E-state index contributed by atoms with van der Waals surface area (Å²) in [4.78, 5) is 3.63. The van der Waals surface area contributed by atoms with E-state index in [2.05, 4.69) is 9.71 Å². The van der Waals surface area contributed by atoms with E-state index >= 15 is 0 Å². The number of sulfonamides is 1. The van der Waals surface area contributed by atoms with Crippen molar-refractivity contribution >= 4 is 21.4 Å². The Labute approximate surface area is 74.1 Å². The zero-order chi connectivity index (χ0) is 9.03. The van der Waals surface area contributed by atoms with Crippen LogP contribution in [0.1, 0.15) is 0 Å². The van der Waals surface area contributed by atoms with Crippen LogP contribution >= 0.6 is 11.3 Å². The summed E-state index contributed by atoms with van der Waals surface area (Å²) in [6, 6.07) is 0. The van der Waals surface area contributed by atoms with E-state index < -0.39 is 10.0 Å². The summed E-state index contributed by atoms with van der Waals surface area (Å²) in [6.07, 6.45) is 1.27. The minimum atomic E-state index is -3.43. The van der Waals surface area contributed by atoms with Crippen LogP contribution in [0.4, 0.5) is 0 Å². The zero-order valence-corrected chi connectivity index (χ0v) is 7.73. The van der Waals surface area contributed by atoms with Gasteiger partial charge in [0, 0.05) is 6.54 Å². The first-order chi connectivity index (χ1) is 5.67. The molecule has 0 saturated carbocycles. The monoisotopic (exact) mass is 208 g/mol. The van der Waals surface area contributed by atoms with Crippen molar-refractivity contribution in [2.45, 2.75) is 4.21 Å². The van der Waals surface area contributed by atoms with Crippen LogP contribution in [-0.2, 0) is 10.0 Å². The summed E-state index contributed by atoms with van der Waals surface area (Å²) < 4.78 is 24.8. The summed E-state index contributed by atoms with van der Waals surface area (Å²) in [5.74, 6) is 0. The topological polar surface area (TPSA) is 79.3 Å². The first kappa shape index (κ1) is 9.59. The van der Waals surface area contributed by atoms with Crippen molar-refractivity contribution in [2.24, 2.45) is 0 Å². The van der Waals surface area contributed by atoms with Gasteiger partial charge in [-0.1, -0.05) is 0 Å². The molecule has 1 heterocycles. The van der Waals surface area contributed by atoms with Gasteiger partial charge in [-0.3, -0.25) is 4.98 Å². The molecule has 0 atom stereocenters. The molecule has 1 aromatic rings. The fourth-order valence-electron chi connectivity index (χ4n) is 0.588. The molecule has 1 rings (SSSR count). The summed E-state index contributed by atoms with van der Waals surface area (Å²) in [5, 5.41) is 8.39. The molecule has 0 saturated heterocycles. The molecule has 0 spiro atoms. The second kappa shape index (κ2) is 3.94. The van der Waals surface area contributed by atoms with Crippen LogP contribution in [0.3, 0.4) is 0 Å². The van der Waals surface area contributed by atoms with Crippen molar-refractivity contribution in [3.8, 4) is 0 Å². The Bertz CT molecular complexity index is 318. The van der Waals surface area contributed by atoms with Crippen LogP contribution in [0, 0.1) is 0 Å². The zero-order valence-electron chi connectivity index (χ0n) is 6.10. The van der Waals surface area contributed by atoms with Crippen LogP contribution in [0.5, 0.6) is 0 Å². The third-order valence-corrected chi connectivity index (χ3v) is 3.81. The third kappa shape index (κ3) is 2.24. The Kier molecular flexibility index (Phi) is 3.15. The van der Waals surface area contributed by atoms with E-state index in [0.717, 1.165) is 11.3 Å². The summed E-state index contributed by atoms with van der Waals surface area (Å²) >= 11 is 1.04. The van der Waals surface area contributed by atoms with Gasteiger partial charge in [-0.25, -0.2) is 13.1 Å². The molecule has 0 aliphatic carbocycles. The number of thiazole rings is 1. The van der Waals surface area contributed by atoms with E-state index in [4.69, 9.17) is 5.11 Å². The number of nitrogens with zero attached hydrogens (tertiary/aromatic N) is 1. The van der Waals surface area contributed by atoms with Crippen LogP contribution < -0.4 is 4.72 Å². The predicted molar refractivity (Wildman–Crippen MR) is 44.4 cm³/mol. The van der Waals surface area contributed by atoms with Crippen molar-refractivity contribution in [2.75, 3.05) is 13.2 Å². The second-order valence-electron chi connectivity index (χ2n) is 1.94. The maximum atomic E-state index is 11.2. The van der Waals surface area contributed by atoms with E-state index in [-0.39, 0.29) is 17.4 Å². The number of aliphatic hydroxyl groups is 1. The Morgan fingerprint density at radius 3 is 2.92 bits per heavy atom. The van der Waals surface area contributed by atoms with E-state index in [1.165, 1.54) is 11.7 Å². The van der Waals surface area contributed by atoms with Gasteiger partial charge < -0.3 is 5.11 Å². The number of aliphatic hydroxyl groups excluding tert-OH is 1. The minimum Gasteiger partial charge on any atom is -0.395 e. The molecular weight excluding hydrogens is 200 g/mol. The minimum absolute atomic E-state index is 0.0280. The maximum Gasteiger partial charge on any atom is 0.251 e. The van der Waals surface area contributed by atoms with Crippen molar-refractivity contribution in [3.05, 3.63) is 11.7 Å². The maximum absolute atomic E-state index is 11.2. The molecule has 0 amide bonds. The number of hydrogen-bond donors (Lipinski definition) is 2. The molecule has 68 valence electrons. The Morgan fingerprint density at radius 2 is 2.42 bits per heavy atom. The van der Waals surface area contributed by atoms with Crippen LogP contribution in [0.25, 0.3) is 0 Å². The molecule has 2 N–H and O–H groups in total. The number of rotatable bonds is 4. The Morgan fingerprint density at radius 1 is 1.67 bits per heavy atom. The van der Waals surface area contributed by atoms with Crippen molar-refractivity contribution in [3.63, 3.8) is 0 Å². The lowest BCUT2D eigenvalue weighted by Gasteiger charge is -2.00. The first-order valence-corrected chi connectivity index (χ1v) is 5.52. The normalized spacial score (nSPS) is 11.8. The highest BCUT2D eigenvalue weighted by molar-refractivity contribution is 7.91. The standard InChI is InChI=1S/C5H8N2O3S2/c8-2-1-7-12(9,10)5-3-6-4-11-5/h3-4,7-8H,1-2H2. The van der Waals surface area contributed by atoms with Crippen molar-refractivity contribution in [1.29, 1.82) is 0 Å². The lowest BCUT2D eigenvalue weighted by atomic mass is 10.8. The molecule has 0 unspecified atom stereocenters. The van der Waals surface area contributed by atoms with Gasteiger partial charge in [0.15, 0.2) is 4.21 Å². The number of aromatic nitrogens is 1. The predicted octanol–water partition coefficient (Wildman–Crippen LogP) is -0.586. The first-order valence-electron chi connectivity index (χ1n) is 3.16. The summed E-state index contributed by atoms with van der Waals surface area (Å²) in [6.45, 7) is -0.182. The SMILES string of the molecule is O=S(=O)(NCCO)c1cncs1. The van der Waals surface area contributed by atoms with Crippen LogP contribution in [-0.4, -0.2) is 31.7 Å². The van der Waals surface area contributed by atoms with Gasteiger partial charge in [0.25, 0.3) is 10.0 Å². The second-order valence-corrected chi connectivity index (χ2v) is 4.82.